The molecule has 0 saturated carbocycles. The number of methoxy groups -OCH3 is 1. The van der Waals surface area contributed by atoms with Gasteiger partial charge in [-0.15, -0.1) is 0 Å². The van der Waals surface area contributed by atoms with E-state index in [1.54, 1.807) is 31.4 Å². The molecule has 6 heteroatoms. The number of para-hydroxylation sites is 1. The van der Waals surface area contributed by atoms with Gasteiger partial charge in [0.2, 0.25) is 0 Å². The van der Waals surface area contributed by atoms with Gasteiger partial charge in [-0.05, 0) is 42.3 Å². The number of amides is 2. The number of halogens is 1. The van der Waals surface area contributed by atoms with Crippen molar-refractivity contribution in [3.8, 4) is 11.8 Å². The fourth-order valence-electron chi connectivity index (χ4n) is 2.11. The summed E-state index contributed by atoms with van der Waals surface area (Å²) in [6.07, 6.45) is 0.635. The van der Waals surface area contributed by atoms with Crippen molar-refractivity contribution in [2.75, 3.05) is 19.0 Å². The van der Waals surface area contributed by atoms with Crippen molar-refractivity contribution < 1.29 is 9.53 Å². The molecule has 0 spiro atoms. The van der Waals surface area contributed by atoms with Gasteiger partial charge in [-0.2, -0.15) is 5.26 Å². The standard InChI is InChI=1S/C17H16BrN3O2/c1-23-16-7-6-14(18)10-12(16)8-9-20-17(22)21-15-5-3-2-4-13(15)11-19/h2-7,10H,8-9H2,1H3,(H2,20,21,22). The first-order valence-electron chi connectivity index (χ1n) is 7.00. The van der Waals surface area contributed by atoms with Crippen molar-refractivity contribution in [3.63, 3.8) is 0 Å². The first-order valence-corrected chi connectivity index (χ1v) is 7.79. The molecule has 0 radical (unpaired) electrons. The number of nitrogens with zero attached hydrogens (tertiary/aromatic N) is 1. The Morgan fingerprint density at radius 1 is 1.30 bits per heavy atom. The number of carbonyl (C=O) groups excluding carboxylic acids is 1. The Labute approximate surface area is 143 Å². The van der Waals surface area contributed by atoms with E-state index in [2.05, 4.69) is 26.6 Å². The Bertz CT molecular complexity index is 741. The second-order valence-electron chi connectivity index (χ2n) is 4.74. The van der Waals surface area contributed by atoms with Crippen molar-refractivity contribution in [3.05, 3.63) is 58.1 Å². The summed E-state index contributed by atoms with van der Waals surface area (Å²) in [4.78, 5) is 11.9. The van der Waals surface area contributed by atoms with Crippen LogP contribution < -0.4 is 15.4 Å². The van der Waals surface area contributed by atoms with Gasteiger partial charge in [0.15, 0.2) is 0 Å². The van der Waals surface area contributed by atoms with Gasteiger partial charge in [0.1, 0.15) is 11.8 Å². The molecule has 5 nitrogen and oxygen atoms in total. The number of rotatable bonds is 5. The van der Waals surface area contributed by atoms with Crippen molar-refractivity contribution in [2.45, 2.75) is 6.42 Å². The molecular formula is C17H16BrN3O2. The number of nitriles is 1. The highest BCUT2D eigenvalue weighted by molar-refractivity contribution is 9.10. The quantitative estimate of drug-likeness (QED) is 0.838. The highest BCUT2D eigenvalue weighted by Crippen LogP contribution is 2.23. The Morgan fingerprint density at radius 2 is 2.09 bits per heavy atom. The van der Waals surface area contributed by atoms with E-state index in [0.29, 0.717) is 24.2 Å². The summed E-state index contributed by atoms with van der Waals surface area (Å²) in [5.41, 5.74) is 1.92. The number of nitrogens with one attached hydrogen (secondary N) is 2. The highest BCUT2D eigenvalue weighted by atomic mass is 79.9. The Morgan fingerprint density at radius 3 is 2.83 bits per heavy atom. The molecule has 2 N–H and O–H groups in total. The lowest BCUT2D eigenvalue weighted by atomic mass is 10.1. The molecule has 2 aromatic carbocycles. The predicted molar refractivity (Wildman–Crippen MR) is 92.6 cm³/mol. The summed E-state index contributed by atoms with van der Waals surface area (Å²) < 4.78 is 6.26. The molecule has 0 aliphatic carbocycles. The van der Waals surface area contributed by atoms with Gasteiger partial charge in [0.05, 0.1) is 18.4 Å². The highest BCUT2D eigenvalue weighted by Gasteiger charge is 2.07. The third-order valence-electron chi connectivity index (χ3n) is 3.22. The number of urea groups is 1. The smallest absolute Gasteiger partial charge is 0.319 e. The fourth-order valence-corrected chi connectivity index (χ4v) is 2.52. The number of ether oxygens (including phenoxy) is 1. The van der Waals surface area contributed by atoms with Crippen molar-refractivity contribution in [1.29, 1.82) is 5.26 Å². The summed E-state index contributed by atoms with van der Waals surface area (Å²) in [6, 6.07) is 14.3. The van der Waals surface area contributed by atoms with Gasteiger partial charge in [-0.25, -0.2) is 4.79 Å². The van der Waals surface area contributed by atoms with Crippen molar-refractivity contribution >= 4 is 27.6 Å². The molecule has 0 unspecified atom stereocenters. The summed E-state index contributed by atoms with van der Waals surface area (Å²) in [5.74, 6) is 0.783. The average Bonchev–Trinajstić information content (AvgIpc) is 2.55. The molecule has 23 heavy (non-hydrogen) atoms. The lowest BCUT2D eigenvalue weighted by molar-refractivity contribution is 0.252. The van der Waals surface area contributed by atoms with E-state index in [-0.39, 0.29) is 6.03 Å². The Hall–Kier alpha value is -2.52. The molecule has 0 saturated heterocycles. The molecule has 2 aromatic rings. The molecule has 0 heterocycles. The molecule has 0 fully saturated rings. The summed E-state index contributed by atoms with van der Waals surface area (Å²) in [7, 11) is 1.62. The van der Waals surface area contributed by atoms with E-state index >= 15 is 0 Å². The van der Waals surface area contributed by atoms with Gasteiger partial charge >= 0.3 is 6.03 Å². The fraction of sp³-hybridized carbons (Fsp3) is 0.176. The summed E-state index contributed by atoms with van der Waals surface area (Å²) in [5, 5.41) is 14.4. The Kier molecular flexibility index (Phi) is 6.01. The number of carbonyl (C=O) groups is 1. The van der Waals surface area contributed by atoms with E-state index in [4.69, 9.17) is 10.00 Å². The molecular weight excluding hydrogens is 358 g/mol. The van der Waals surface area contributed by atoms with Crippen LogP contribution in [0.15, 0.2) is 46.9 Å². The number of hydrogen-bond acceptors (Lipinski definition) is 3. The lowest BCUT2D eigenvalue weighted by Gasteiger charge is -2.11. The van der Waals surface area contributed by atoms with Crippen molar-refractivity contribution in [1.82, 2.24) is 5.32 Å². The summed E-state index contributed by atoms with van der Waals surface area (Å²) >= 11 is 3.42. The molecule has 0 aliphatic rings. The van der Waals surface area contributed by atoms with Crippen LogP contribution in [0.5, 0.6) is 5.75 Å². The van der Waals surface area contributed by atoms with Gasteiger partial charge in [0, 0.05) is 11.0 Å². The van der Waals surface area contributed by atoms with E-state index < -0.39 is 0 Å². The third kappa shape index (κ3) is 4.73. The zero-order valence-electron chi connectivity index (χ0n) is 12.6. The van der Waals surface area contributed by atoms with Gasteiger partial charge in [-0.1, -0.05) is 28.1 Å². The molecule has 118 valence electrons. The molecule has 0 bridgehead atoms. The molecule has 2 rings (SSSR count). The number of benzene rings is 2. The lowest BCUT2D eigenvalue weighted by Crippen LogP contribution is -2.30. The van der Waals surface area contributed by atoms with Crippen LogP contribution in [0.2, 0.25) is 0 Å². The SMILES string of the molecule is COc1ccc(Br)cc1CCNC(=O)Nc1ccccc1C#N. The predicted octanol–water partition coefficient (Wildman–Crippen LogP) is 3.69. The summed E-state index contributed by atoms with van der Waals surface area (Å²) in [6.45, 7) is 0.452. The van der Waals surface area contributed by atoms with Crippen LogP contribution in [0.3, 0.4) is 0 Å². The van der Waals surface area contributed by atoms with E-state index in [9.17, 15) is 4.79 Å². The second kappa shape index (κ2) is 8.20. The van der Waals surface area contributed by atoms with Crippen LogP contribution in [0.25, 0.3) is 0 Å². The minimum Gasteiger partial charge on any atom is -0.496 e. The first-order chi connectivity index (χ1) is 11.1. The minimum absolute atomic E-state index is 0.346. The van der Waals surface area contributed by atoms with Gasteiger partial charge < -0.3 is 15.4 Å². The monoisotopic (exact) mass is 373 g/mol. The van der Waals surface area contributed by atoms with Crippen LogP contribution in [0, 0.1) is 11.3 Å². The van der Waals surface area contributed by atoms with E-state index in [1.165, 1.54) is 0 Å². The zero-order valence-corrected chi connectivity index (χ0v) is 14.2. The van der Waals surface area contributed by atoms with Crippen molar-refractivity contribution in [2.24, 2.45) is 0 Å². The number of hydrogen-bond donors (Lipinski definition) is 2. The largest absolute Gasteiger partial charge is 0.496 e. The van der Waals surface area contributed by atoms with Crippen LogP contribution >= 0.6 is 15.9 Å². The normalized spacial score (nSPS) is 9.78. The number of anilines is 1. The van der Waals surface area contributed by atoms with Gasteiger partial charge in [0.25, 0.3) is 0 Å². The minimum atomic E-state index is -0.346. The molecule has 0 aromatic heterocycles. The molecule has 0 atom stereocenters. The topological polar surface area (TPSA) is 74.2 Å². The van der Waals surface area contributed by atoms with Gasteiger partial charge in [-0.3, -0.25) is 0 Å². The van der Waals surface area contributed by atoms with Crippen LogP contribution in [0.1, 0.15) is 11.1 Å². The van der Waals surface area contributed by atoms with E-state index in [1.807, 2.05) is 24.3 Å². The average molecular weight is 374 g/mol. The first kappa shape index (κ1) is 16.8. The second-order valence-corrected chi connectivity index (χ2v) is 5.66. The Balaban J connectivity index is 1.91. The molecule has 0 aliphatic heterocycles. The molecule has 2 amide bonds. The maximum atomic E-state index is 11.9. The van der Waals surface area contributed by atoms with Crippen LogP contribution in [0.4, 0.5) is 10.5 Å². The maximum Gasteiger partial charge on any atom is 0.319 e. The third-order valence-corrected chi connectivity index (χ3v) is 3.71. The van der Waals surface area contributed by atoms with Crippen LogP contribution in [-0.4, -0.2) is 19.7 Å². The van der Waals surface area contributed by atoms with E-state index in [0.717, 1.165) is 15.8 Å². The maximum absolute atomic E-state index is 11.9. The zero-order chi connectivity index (χ0) is 16.7. The van der Waals surface area contributed by atoms with Crippen LogP contribution in [-0.2, 0) is 6.42 Å².